The lowest BCUT2D eigenvalue weighted by molar-refractivity contribution is -0.0327. The van der Waals surface area contributed by atoms with Gasteiger partial charge in [0.1, 0.15) is 0 Å². The normalized spacial score (nSPS) is 32.2. The van der Waals surface area contributed by atoms with E-state index >= 15 is 0 Å². The van der Waals surface area contributed by atoms with Crippen LogP contribution in [0.1, 0.15) is 20.3 Å². The van der Waals surface area contributed by atoms with E-state index in [1.807, 2.05) is 13.8 Å². The van der Waals surface area contributed by atoms with Crippen LogP contribution in [0.2, 0.25) is 0 Å². The lowest BCUT2D eigenvalue weighted by Gasteiger charge is -2.29. The van der Waals surface area contributed by atoms with Gasteiger partial charge >= 0.3 is 5.51 Å². The molecule has 6 heteroatoms. The summed E-state index contributed by atoms with van der Waals surface area (Å²) in [6.07, 6.45) is 0.915. The number of thioether (sulfide) groups is 1. The van der Waals surface area contributed by atoms with E-state index in [0.29, 0.717) is 13.2 Å². The zero-order valence-electron chi connectivity index (χ0n) is 8.86. The average Bonchev–Trinajstić information content (AvgIpc) is 2.41. The van der Waals surface area contributed by atoms with Gasteiger partial charge in [0, 0.05) is 24.4 Å². The van der Waals surface area contributed by atoms with Crippen LogP contribution in [0.4, 0.5) is 13.2 Å². The standard InChI is InChI=1S/C9H16F3NOS/c1-7-8(2,3-5-14-7)13-4-6-15-9(10,11)12/h7,13H,3-6H2,1-2H3. The molecule has 1 aliphatic rings. The smallest absolute Gasteiger partial charge is 0.377 e. The Bertz CT molecular complexity index is 212. The van der Waals surface area contributed by atoms with Crippen molar-refractivity contribution in [2.75, 3.05) is 18.9 Å². The number of rotatable bonds is 4. The third-order valence-corrected chi connectivity index (χ3v) is 3.52. The molecule has 1 heterocycles. The average molecular weight is 243 g/mol. The van der Waals surface area contributed by atoms with Crippen LogP contribution >= 0.6 is 11.8 Å². The van der Waals surface area contributed by atoms with Gasteiger partial charge in [0.05, 0.1) is 6.10 Å². The van der Waals surface area contributed by atoms with Crippen LogP contribution in [0, 0.1) is 0 Å². The van der Waals surface area contributed by atoms with Crippen molar-refractivity contribution >= 4 is 11.8 Å². The third-order valence-electron chi connectivity index (χ3n) is 2.78. The highest BCUT2D eigenvalue weighted by Crippen LogP contribution is 2.30. The molecule has 0 aromatic rings. The topological polar surface area (TPSA) is 21.3 Å². The maximum atomic E-state index is 11.8. The number of hydrogen-bond acceptors (Lipinski definition) is 3. The number of nitrogens with one attached hydrogen (secondary N) is 1. The van der Waals surface area contributed by atoms with Gasteiger partial charge in [-0.05, 0) is 32.0 Å². The van der Waals surface area contributed by atoms with Crippen molar-refractivity contribution in [2.45, 2.75) is 37.4 Å². The second-order valence-electron chi connectivity index (χ2n) is 3.90. The fourth-order valence-corrected chi connectivity index (χ4v) is 2.01. The van der Waals surface area contributed by atoms with Gasteiger partial charge in [0.25, 0.3) is 0 Å². The molecule has 2 unspecified atom stereocenters. The summed E-state index contributed by atoms with van der Waals surface area (Å²) in [5, 5.41) is 3.13. The highest BCUT2D eigenvalue weighted by atomic mass is 32.2. The Morgan fingerprint density at radius 1 is 1.53 bits per heavy atom. The van der Waals surface area contributed by atoms with Crippen molar-refractivity contribution in [1.82, 2.24) is 5.32 Å². The first-order valence-corrected chi connectivity index (χ1v) is 5.89. The molecule has 0 amide bonds. The van der Waals surface area contributed by atoms with E-state index in [1.54, 1.807) is 0 Å². The molecule has 0 aliphatic carbocycles. The molecule has 0 saturated carbocycles. The minimum Gasteiger partial charge on any atom is -0.377 e. The molecular formula is C9H16F3NOS. The molecule has 0 aromatic carbocycles. The van der Waals surface area contributed by atoms with Crippen LogP contribution in [-0.2, 0) is 4.74 Å². The Morgan fingerprint density at radius 2 is 2.20 bits per heavy atom. The van der Waals surface area contributed by atoms with Gasteiger partial charge in [-0.3, -0.25) is 0 Å². The van der Waals surface area contributed by atoms with Crippen molar-refractivity contribution in [1.29, 1.82) is 0 Å². The number of alkyl halides is 3. The van der Waals surface area contributed by atoms with E-state index < -0.39 is 5.51 Å². The van der Waals surface area contributed by atoms with Crippen LogP contribution < -0.4 is 5.32 Å². The van der Waals surface area contributed by atoms with Crippen molar-refractivity contribution in [3.05, 3.63) is 0 Å². The molecule has 2 nitrogen and oxygen atoms in total. The van der Waals surface area contributed by atoms with Crippen LogP contribution in [-0.4, -0.2) is 36.1 Å². The lowest BCUT2D eigenvalue weighted by atomic mass is 9.95. The summed E-state index contributed by atoms with van der Waals surface area (Å²) >= 11 is 0.0136. The first-order valence-electron chi connectivity index (χ1n) is 4.91. The Labute approximate surface area is 91.9 Å². The quantitative estimate of drug-likeness (QED) is 0.766. The van der Waals surface area contributed by atoms with Crippen molar-refractivity contribution in [3.63, 3.8) is 0 Å². The molecule has 1 fully saturated rings. The summed E-state index contributed by atoms with van der Waals surface area (Å²) in [6.45, 7) is 4.96. The fourth-order valence-electron chi connectivity index (χ4n) is 1.57. The van der Waals surface area contributed by atoms with Crippen molar-refractivity contribution in [2.24, 2.45) is 0 Å². The molecule has 1 N–H and O–H groups in total. The van der Waals surface area contributed by atoms with Crippen LogP contribution in [0.3, 0.4) is 0 Å². The Kier molecular flexibility index (Phi) is 4.31. The minimum atomic E-state index is -4.12. The van der Waals surface area contributed by atoms with Crippen LogP contribution in [0.5, 0.6) is 0 Å². The van der Waals surface area contributed by atoms with Gasteiger partial charge in [0.15, 0.2) is 0 Å². The molecule has 15 heavy (non-hydrogen) atoms. The highest BCUT2D eigenvalue weighted by Gasteiger charge is 2.36. The summed E-state index contributed by atoms with van der Waals surface area (Å²) in [7, 11) is 0. The Morgan fingerprint density at radius 3 is 2.67 bits per heavy atom. The van der Waals surface area contributed by atoms with Gasteiger partial charge in [-0.25, -0.2) is 0 Å². The Balaban J connectivity index is 2.20. The van der Waals surface area contributed by atoms with Crippen LogP contribution in [0.25, 0.3) is 0 Å². The predicted molar refractivity (Wildman–Crippen MR) is 55.0 cm³/mol. The Hall–Kier alpha value is 0.0600. The minimum absolute atomic E-state index is 0.0136. The van der Waals surface area contributed by atoms with Crippen molar-refractivity contribution < 1.29 is 17.9 Å². The maximum Gasteiger partial charge on any atom is 0.441 e. The lowest BCUT2D eigenvalue weighted by Crippen LogP contribution is -2.48. The van der Waals surface area contributed by atoms with E-state index in [0.717, 1.165) is 6.42 Å². The summed E-state index contributed by atoms with van der Waals surface area (Å²) in [4.78, 5) is 0. The molecule has 0 spiro atoms. The van der Waals surface area contributed by atoms with Gasteiger partial charge in [-0.15, -0.1) is 0 Å². The summed E-state index contributed by atoms with van der Waals surface area (Å²) in [5.74, 6) is 0.0474. The summed E-state index contributed by atoms with van der Waals surface area (Å²) < 4.78 is 40.9. The molecular weight excluding hydrogens is 227 g/mol. The molecule has 1 saturated heterocycles. The zero-order chi connectivity index (χ0) is 11.5. The second-order valence-corrected chi connectivity index (χ2v) is 5.06. The number of halogens is 3. The molecule has 1 aliphatic heterocycles. The third kappa shape index (κ3) is 4.20. The first-order chi connectivity index (χ1) is 6.83. The van der Waals surface area contributed by atoms with E-state index in [1.165, 1.54) is 0 Å². The largest absolute Gasteiger partial charge is 0.441 e. The maximum absolute atomic E-state index is 11.8. The highest BCUT2D eigenvalue weighted by molar-refractivity contribution is 8.00. The van der Waals surface area contributed by atoms with E-state index in [2.05, 4.69) is 5.32 Å². The molecule has 0 radical (unpaired) electrons. The summed E-state index contributed by atoms with van der Waals surface area (Å²) in [5.41, 5.74) is -4.30. The first kappa shape index (κ1) is 13.1. The fraction of sp³-hybridized carbons (Fsp3) is 1.00. The second kappa shape index (κ2) is 4.93. The van der Waals surface area contributed by atoms with Crippen molar-refractivity contribution in [3.8, 4) is 0 Å². The SMILES string of the molecule is CC1OCCC1(C)NCCSC(F)(F)F. The van der Waals surface area contributed by atoms with Gasteiger partial charge in [0.2, 0.25) is 0 Å². The molecule has 0 aromatic heterocycles. The zero-order valence-corrected chi connectivity index (χ0v) is 9.67. The van der Waals surface area contributed by atoms with E-state index in [4.69, 9.17) is 4.74 Å². The number of hydrogen-bond donors (Lipinski definition) is 1. The summed E-state index contributed by atoms with van der Waals surface area (Å²) in [6, 6.07) is 0. The monoisotopic (exact) mass is 243 g/mol. The molecule has 90 valence electrons. The molecule has 2 atom stereocenters. The van der Waals surface area contributed by atoms with E-state index in [-0.39, 0.29) is 29.2 Å². The van der Waals surface area contributed by atoms with Crippen LogP contribution in [0.15, 0.2) is 0 Å². The molecule has 0 bridgehead atoms. The number of ether oxygens (including phenoxy) is 1. The van der Waals surface area contributed by atoms with Gasteiger partial charge < -0.3 is 10.1 Å². The van der Waals surface area contributed by atoms with Gasteiger partial charge in [-0.2, -0.15) is 13.2 Å². The van der Waals surface area contributed by atoms with E-state index in [9.17, 15) is 13.2 Å². The molecule has 1 rings (SSSR count). The predicted octanol–water partition coefficient (Wildman–Crippen LogP) is 2.40. The van der Waals surface area contributed by atoms with Gasteiger partial charge in [-0.1, -0.05) is 0 Å².